The van der Waals surface area contributed by atoms with Crippen molar-refractivity contribution in [2.45, 2.75) is 32.9 Å². The van der Waals surface area contributed by atoms with E-state index in [-0.39, 0.29) is 5.82 Å². The van der Waals surface area contributed by atoms with Gasteiger partial charge in [0.15, 0.2) is 0 Å². The van der Waals surface area contributed by atoms with Crippen LogP contribution in [0.5, 0.6) is 0 Å². The number of nitrogens with zero attached hydrogens (tertiary/aromatic N) is 1. The molecule has 0 fully saturated rings. The minimum atomic E-state index is -0.176. The molecule has 0 amide bonds. The van der Waals surface area contributed by atoms with Gasteiger partial charge in [-0.05, 0) is 43.1 Å². The fourth-order valence-corrected chi connectivity index (χ4v) is 2.82. The first-order valence-corrected chi connectivity index (χ1v) is 7.57. The number of fused-ring (bicyclic) bond motifs is 1. The van der Waals surface area contributed by atoms with Gasteiger partial charge in [0.2, 0.25) is 0 Å². The SMILES string of the molecule is CCCNCc1ccoc1CN1CCc2ccc(F)cc21. The molecule has 2 heterocycles. The van der Waals surface area contributed by atoms with Crippen LogP contribution in [0.4, 0.5) is 10.1 Å². The summed E-state index contributed by atoms with van der Waals surface area (Å²) in [5, 5.41) is 3.39. The number of halogens is 1. The molecule has 0 radical (unpaired) electrons. The Kier molecular flexibility index (Phi) is 4.25. The Morgan fingerprint density at radius 1 is 1.33 bits per heavy atom. The van der Waals surface area contributed by atoms with E-state index in [0.717, 1.165) is 43.9 Å². The molecular formula is C17H21FN2O. The van der Waals surface area contributed by atoms with Crippen molar-refractivity contribution in [2.24, 2.45) is 0 Å². The average Bonchev–Trinajstić information content (AvgIpc) is 3.08. The summed E-state index contributed by atoms with van der Waals surface area (Å²) in [5.41, 5.74) is 3.40. The van der Waals surface area contributed by atoms with Crippen molar-refractivity contribution in [3.8, 4) is 0 Å². The van der Waals surface area contributed by atoms with Gasteiger partial charge in [-0.1, -0.05) is 13.0 Å². The van der Waals surface area contributed by atoms with Crippen LogP contribution in [0.2, 0.25) is 0 Å². The van der Waals surface area contributed by atoms with E-state index in [4.69, 9.17) is 4.42 Å². The summed E-state index contributed by atoms with van der Waals surface area (Å²) in [7, 11) is 0. The van der Waals surface area contributed by atoms with E-state index in [1.165, 1.54) is 17.2 Å². The number of hydrogen-bond donors (Lipinski definition) is 1. The van der Waals surface area contributed by atoms with Gasteiger partial charge in [0.25, 0.3) is 0 Å². The van der Waals surface area contributed by atoms with E-state index in [2.05, 4.69) is 17.1 Å². The van der Waals surface area contributed by atoms with Crippen molar-refractivity contribution in [3.05, 3.63) is 53.2 Å². The topological polar surface area (TPSA) is 28.4 Å². The van der Waals surface area contributed by atoms with Gasteiger partial charge in [0.1, 0.15) is 11.6 Å². The summed E-state index contributed by atoms with van der Waals surface area (Å²) >= 11 is 0. The van der Waals surface area contributed by atoms with Crippen molar-refractivity contribution < 1.29 is 8.81 Å². The molecule has 112 valence electrons. The summed E-state index contributed by atoms with van der Waals surface area (Å²) in [5.74, 6) is 0.792. The maximum Gasteiger partial charge on any atom is 0.127 e. The van der Waals surface area contributed by atoms with Gasteiger partial charge in [-0.25, -0.2) is 4.39 Å². The Morgan fingerprint density at radius 3 is 3.10 bits per heavy atom. The Morgan fingerprint density at radius 2 is 2.24 bits per heavy atom. The van der Waals surface area contributed by atoms with E-state index >= 15 is 0 Å². The molecule has 3 rings (SSSR count). The summed E-state index contributed by atoms with van der Waals surface area (Å²) in [4.78, 5) is 2.20. The monoisotopic (exact) mass is 288 g/mol. The van der Waals surface area contributed by atoms with E-state index < -0.39 is 0 Å². The van der Waals surface area contributed by atoms with Crippen LogP contribution in [0.15, 0.2) is 34.9 Å². The van der Waals surface area contributed by atoms with Crippen LogP contribution in [-0.4, -0.2) is 13.1 Å². The van der Waals surface area contributed by atoms with Crippen LogP contribution < -0.4 is 10.2 Å². The largest absolute Gasteiger partial charge is 0.467 e. The van der Waals surface area contributed by atoms with Gasteiger partial charge in [-0.15, -0.1) is 0 Å². The van der Waals surface area contributed by atoms with Gasteiger partial charge in [-0.3, -0.25) is 0 Å². The molecule has 0 spiro atoms. The second kappa shape index (κ2) is 6.31. The standard InChI is InChI=1S/C17H21FN2O/c1-2-7-19-11-14-6-9-21-17(14)12-20-8-5-13-3-4-15(18)10-16(13)20/h3-4,6,9-10,19H,2,5,7-8,11-12H2,1H3. The van der Waals surface area contributed by atoms with Crippen LogP contribution >= 0.6 is 0 Å². The van der Waals surface area contributed by atoms with Crippen LogP contribution in [0.3, 0.4) is 0 Å². The fourth-order valence-electron chi connectivity index (χ4n) is 2.82. The molecule has 1 aliphatic heterocycles. The van der Waals surface area contributed by atoms with E-state index in [9.17, 15) is 4.39 Å². The Labute approximate surface area is 124 Å². The van der Waals surface area contributed by atoms with Crippen molar-refractivity contribution >= 4 is 5.69 Å². The molecule has 0 aliphatic carbocycles. The summed E-state index contributed by atoms with van der Waals surface area (Å²) < 4.78 is 19.1. The summed E-state index contributed by atoms with van der Waals surface area (Å²) in [6.45, 7) is 5.60. The van der Waals surface area contributed by atoms with Gasteiger partial charge in [-0.2, -0.15) is 0 Å². The van der Waals surface area contributed by atoms with Gasteiger partial charge in [0, 0.05) is 24.3 Å². The van der Waals surface area contributed by atoms with Crippen LogP contribution in [0.1, 0.15) is 30.2 Å². The molecule has 0 bridgehead atoms. The third-order valence-electron chi connectivity index (χ3n) is 3.95. The summed E-state index contributed by atoms with van der Waals surface area (Å²) in [6.07, 6.45) is 3.83. The molecule has 4 heteroatoms. The predicted octanol–water partition coefficient (Wildman–Crippen LogP) is 3.48. The quantitative estimate of drug-likeness (QED) is 0.825. The van der Waals surface area contributed by atoms with Gasteiger partial charge < -0.3 is 14.6 Å². The van der Waals surface area contributed by atoms with Gasteiger partial charge in [0.05, 0.1) is 12.8 Å². The zero-order chi connectivity index (χ0) is 14.7. The molecular weight excluding hydrogens is 267 g/mol. The molecule has 0 unspecified atom stereocenters. The molecule has 0 saturated heterocycles. The number of furan rings is 1. The lowest BCUT2D eigenvalue weighted by Crippen LogP contribution is -2.21. The second-order valence-corrected chi connectivity index (χ2v) is 5.49. The lowest BCUT2D eigenvalue weighted by Gasteiger charge is -2.19. The van der Waals surface area contributed by atoms with E-state index in [0.29, 0.717) is 6.54 Å². The minimum Gasteiger partial charge on any atom is -0.467 e. The third-order valence-corrected chi connectivity index (χ3v) is 3.95. The van der Waals surface area contributed by atoms with Crippen molar-refractivity contribution in [1.82, 2.24) is 5.32 Å². The normalized spacial score (nSPS) is 13.7. The molecule has 1 aromatic heterocycles. The van der Waals surface area contributed by atoms with Crippen LogP contribution in [0, 0.1) is 5.82 Å². The molecule has 21 heavy (non-hydrogen) atoms. The van der Waals surface area contributed by atoms with Crippen LogP contribution in [0.25, 0.3) is 0 Å². The Hall–Kier alpha value is -1.81. The average molecular weight is 288 g/mol. The maximum absolute atomic E-state index is 13.4. The minimum absolute atomic E-state index is 0.176. The molecule has 1 aromatic carbocycles. The highest BCUT2D eigenvalue weighted by molar-refractivity contribution is 5.58. The highest BCUT2D eigenvalue weighted by Crippen LogP contribution is 2.30. The predicted molar refractivity (Wildman–Crippen MR) is 81.9 cm³/mol. The Balaban J connectivity index is 1.71. The molecule has 0 saturated carbocycles. The first kappa shape index (κ1) is 14.1. The highest BCUT2D eigenvalue weighted by Gasteiger charge is 2.21. The van der Waals surface area contributed by atoms with E-state index in [1.54, 1.807) is 12.3 Å². The number of benzene rings is 1. The first-order valence-electron chi connectivity index (χ1n) is 7.57. The number of rotatable bonds is 6. The van der Waals surface area contributed by atoms with Crippen LogP contribution in [-0.2, 0) is 19.5 Å². The highest BCUT2D eigenvalue weighted by atomic mass is 19.1. The zero-order valence-electron chi connectivity index (χ0n) is 12.4. The third kappa shape index (κ3) is 3.10. The lowest BCUT2D eigenvalue weighted by atomic mass is 10.1. The number of nitrogens with one attached hydrogen (secondary N) is 1. The number of hydrogen-bond acceptors (Lipinski definition) is 3. The molecule has 1 N–H and O–H groups in total. The van der Waals surface area contributed by atoms with Crippen molar-refractivity contribution in [2.75, 3.05) is 18.0 Å². The maximum atomic E-state index is 13.4. The van der Waals surface area contributed by atoms with Crippen molar-refractivity contribution in [1.29, 1.82) is 0 Å². The molecule has 0 atom stereocenters. The zero-order valence-corrected chi connectivity index (χ0v) is 12.4. The molecule has 1 aliphatic rings. The fraction of sp³-hybridized carbons (Fsp3) is 0.412. The summed E-state index contributed by atoms with van der Waals surface area (Å²) in [6, 6.07) is 7.06. The first-order chi connectivity index (χ1) is 10.3. The van der Waals surface area contributed by atoms with Crippen molar-refractivity contribution in [3.63, 3.8) is 0 Å². The smallest absolute Gasteiger partial charge is 0.127 e. The Bertz CT molecular complexity index is 609. The number of anilines is 1. The lowest BCUT2D eigenvalue weighted by molar-refractivity contribution is 0.496. The van der Waals surface area contributed by atoms with Gasteiger partial charge >= 0.3 is 0 Å². The molecule has 3 nitrogen and oxygen atoms in total. The van der Waals surface area contributed by atoms with E-state index in [1.807, 2.05) is 12.1 Å². The second-order valence-electron chi connectivity index (χ2n) is 5.49. The molecule has 2 aromatic rings.